The van der Waals surface area contributed by atoms with E-state index >= 15 is 0 Å². The van der Waals surface area contributed by atoms with Crippen molar-refractivity contribution in [2.45, 2.75) is 90.8 Å². The van der Waals surface area contributed by atoms with Gasteiger partial charge in [-0.1, -0.05) is 69.5 Å². The van der Waals surface area contributed by atoms with E-state index in [2.05, 4.69) is 91.8 Å². The molecule has 6 heteroatoms. The van der Waals surface area contributed by atoms with Crippen LogP contribution < -0.4 is 0 Å². The van der Waals surface area contributed by atoms with Crippen LogP contribution >= 0.6 is 11.1 Å². The Morgan fingerprint density at radius 3 is 1.80 bits per heavy atom. The Labute approximate surface area is 166 Å². The Bertz CT molecular complexity index is 565. The van der Waals surface area contributed by atoms with Gasteiger partial charge in [0.05, 0.1) is 15.7 Å². The summed E-state index contributed by atoms with van der Waals surface area (Å²) in [6.07, 6.45) is 4.90. The van der Waals surface area contributed by atoms with Gasteiger partial charge in [-0.15, -0.1) is 11.1 Å². The molecular weight excluding hydrogens is 392 g/mol. The second kappa shape index (κ2) is 7.21. The lowest BCUT2D eigenvalue weighted by Gasteiger charge is -2.55. The molecule has 0 saturated heterocycles. The molecule has 0 aromatic carbocycles. The summed E-state index contributed by atoms with van der Waals surface area (Å²) in [4.78, 5) is 0. The lowest BCUT2D eigenvalue weighted by molar-refractivity contribution is 0.486. The van der Waals surface area contributed by atoms with Crippen LogP contribution in [0.5, 0.6) is 0 Å². The second-order valence-electron chi connectivity index (χ2n) is 11.1. The highest BCUT2D eigenvalue weighted by Crippen LogP contribution is 2.61. The van der Waals surface area contributed by atoms with Crippen LogP contribution in [0, 0.1) is 5.92 Å². The molecule has 0 radical (unpaired) electrons. The van der Waals surface area contributed by atoms with Crippen molar-refractivity contribution >= 4 is 42.2 Å². The first-order valence-corrected chi connectivity index (χ1v) is 24.2. The third kappa shape index (κ3) is 4.91. The molecule has 3 unspecified atom stereocenters. The normalized spacial score (nSPS) is 28.3. The molecule has 0 aromatic heterocycles. The van der Waals surface area contributed by atoms with Gasteiger partial charge in [0.2, 0.25) is 0 Å². The molecule has 1 aliphatic carbocycles. The SMILES string of the molecule is CC1=CC(C)C(C[Si](Cl)(O[Si](C)(C)C)[Si](C)(C)C)([Si](C)(C)C)C(C)=C1. The minimum atomic E-state index is -2.32. The molecule has 1 aliphatic rings. The fourth-order valence-corrected chi connectivity index (χ4v) is 28.9. The Hall–Kier alpha value is 0.598. The van der Waals surface area contributed by atoms with Crippen LogP contribution in [0.1, 0.15) is 20.8 Å². The van der Waals surface area contributed by atoms with Gasteiger partial charge in [0.15, 0.2) is 8.32 Å². The molecule has 0 fully saturated rings. The van der Waals surface area contributed by atoms with Gasteiger partial charge in [-0.2, -0.15) is 0 Å². The number of allylic oxidation sites excluding steroid dienone is 4. The minimum absolute atomic E-state index is 0.209. The summed E-state index contributed by atoms with van der Waals surface area (Å²) in [5.41, 5.74) is 2.95. The van der Waals surface area contributed by atoms with Crippen LogP contribution in [0.15, 0.2) is 23.3 Å². The van der Waals surface area contributed by atoms with Gasteiger partial charge in [-0.05, 0) is 50.5 Å². The molecule has 25 heavy (non-hydrogen) atoms. The van der Waals surface area contributed by atoms with Crippen molar-refractivity contribution in [3.05, 3.63) is 23.3 Å². The highest BCUT2D eigenvalue weighted by atomic mass is 35.6. The van der Waals surface area contributed by atoms with E-state index in [1.807, 2.05) is 0 Å². The largest absolute Gasteiger partial charge is 0.447 e. The number of hydrogen-bond acceptors (Lipinski definition) is 1. The Morgan fingerprint density at radius 1 is 1.00 bits per heavy atom. The summed E-state index contributed by atoms with van der Waals surface area (Å²) in [5, 5.41) is 0.209. The van der Waals surface area contributed by atoms with Gasteiger partial charge in [0.1, 0.15) is 0 Å². The molecule has 0 aliphatic heterocycles. The predicted molar refractivity (Wildman–Crippen MR) is 127 cm³/mol. The standard InChI is InChI=1S/C19H41ClOSi4/c1-16-13-17(2)19(18(3)14-16,22(4,5)6)15-25(20,24(10,11)12)21-23(7,8)9/h13-14,17H,15H2,1-12H3. The highest BCUT2D eigenvalue weighted by Gasteiger charge is 2.59. The quantitative estimate of drug-likeness (QED) is 0.310. The molecule has 1 nitrogen and oxygen atoms in total. The summed E-state index contributed by atoms with van der Waals surface area (Å²) in [6, 6.07) is 1.09. The van der Waals surface area contributed by atoms with Gasteiger partial charge in [0, 0.05) is 0 Å². The van der Waals surface area contributed by atoms with E-state index in [9.17, 15) is 0 Å². The van der Waals surface area contributed by atoms with Gasteiger partial charge in [0.25, 0.3) is 7.14 Å². The molecule has 1 rings (SSSR count). The van der Waals surface area contributed by atoms with Crippen LogP contribution in [-0.2, 0) is 4.12 Å². The van der Waals surface area contributed by atoms with Crippen LogP contribution in [-0.4, -0.2) is 31.1 Å². The predicted octanol–water partition coefficient (Wildman–Crippen LogP) is 7.56. The Balaban J connectivity index is 3.56. The van der Waals surface area contributed by atoms with E-state index in [1.54, 1.807) is 5.57 Å². The Morgan fingerprint density at radius 2 is 1.48 bits per heavy atom. The molecule has 0 N–H and O–H groups in total. The first-order valence-electron chi connectivity index (χ1n) is 9.62. The van der Waals surface area contributed by atoms with E-state index in [0.717, 1.165) is 6.04 Å². The molecule has 0 aromatic rings. The molecule has 0 bridgehead atoms. The van der Waals surface area contributed by atoms with E-state index < -0.39 is 31.1 Å². The highest BCUT2D eigenvalue weighted by molar-refractivity contribution is 7.57. The summed E-state index contributed by atoms with van der Waals surface area (Å²) >= 11 is 7.58. The summed E-state index contributed by atoms with van der Waals surface area (Å²) < 4.78 is 6.92. The fraction of sp³-hybridized carbons (Fsp3) is 0.789. The van der Waals surface area contributed by atoms with E-state index in [4.69, 9.17) is 15.2 Å². The zero-order valence-corrected chi connectivity index (χ0v) is 23.5. The second-order valence-corrected chi connectivity index (χ2v) is 37.6. The number of rotatable bonds is 6. The van der Waals surface area contributed by atoms with Crippen LogP contribution in [0.3, 0.4) is 0 Å². The third-order valence-electron chi connectivity index (χ3n) is 5.87. The molecular formula is C19H41ClOSi4. The lowest BCUT2D eigenvalue weighted by Crippen LogP contribution is -2.63. The third-order valence-corrected chi connectivity index (χ3v) is 31.3. The van der Waals surface area contributed by atoms with Gasteiger partial charge >= 0.3 is 0 Å². The first kappa shape index (κ1) is 23.6. The van der Waals surface area contributed by atoms with Crippen molar-refractivity contribution in [3.63, 3.8) is 0 Å². The zero-order valence-electron chi connectivity index (χ0n) is 18.7. The average Bonchev–Trinajstić information content (AvgIpc) is 2.28. The number of halogens is 1. The van der Waals surface area contributed by atoms with Gasteiger partial charge in [-0.25, -0.2) is 0 Å². The lowest BCUT2D eigenvalue weighted by atomic mass is 9.81. The van der Waals surface area contributed by atoms with Crippen LogP contribution in [0.25, 0.3) is 0 Å². The smallest absolute Gasteiger partial charge is 0.263 e. The fourth-order valence-electron chi connectivity index (χ4n) is 4.55. The molecule has 0 heterocycles. The minimum Gasteiger partial charge on any atom is -0.447 e. The molecule has 0 spiro atoms. The van der Waals surface area contributed by atoms with Crippen LogP contribution in [0.4, 0.5) is 0 Å². The zero-order chi connectivity index (χ0) is 20.1. The van der Waals surface area contributed by atoms with Crippen molar-refractivity contribution in [1.82, 2.24) is 0 Å². The monoisotopic (exact) mass is 432 g/mol. The summed E-state index contributed by atoms with van der Waals surface area (Å²) in [6.45, 7) is 28.8. The number of hydrogen-bond donors (Lipinski definition) is 0. The van der Waals surface area contributed by atoms with E-state index in [1.165, 1.54) is 5.57 Å². The van der Waals surface area contributed by atoms with Gasteiger partial charge < -0.3 is 4.12 Å². The molecule has 0 amide bonds. The maximum absolute atomic E-state index is 7.58. The maximum atomic E-state index is 7.58. The van der Waals surface area contributed by atoms with E-state index in [-0.39, 0.29) is 5.04 Å². The van der Waals surface area contributed by atoms with Crippen molar-refractivity contribution in [3.8, 4) is 0 Å². The average molecular weight is 433 g/mol. The first-order chi connectivity index (χ1) is 10.9. The molecule has 3 atom stereocenters. The van der Waals surface area contributed by atoms with Gasteiger partial charge in [-0.3, -0.25) is 0 Å². The summed E-state index contributed by atoms with van der Waals surface area (Å²) in [7, 11) is -7.16. The molecule has 146 valence electrons. The van der Waals surface area contributed by atoms with E-state index in [0.29, 0.717) is 5.92 Å². The van der Waals surface area contributed by atoms with Crippen molar-refractivity contribution in [2.24, 2.45) is 5.92 Å². The molecule has 0 saturated carbocycles. The van der Waals surface area contributed by atoms with Crippen molar-refractivity contribution in [2.75, 3.05) is 0 Å². The van der Waals surface area contributed by atoms with Crippen molar-refractivity contribution in [1.29, 1.82) is 0 Å². The van der Waals surface area contributed by atoms with Crippen molar-refractivity contribution < 1.29 is 4.12 Å². The maximum Gasteiger partial charge on any atom is 0.263 e. The summed E-state index contributed by atoms with van der Waals surface area (Å²) in [5.74, 6) is 0.538. The van der Waals surface area contributed by atoms with Crippen LogP contribution in [0.2, 0.25) is 70.0 Å². The topological polar surface area (TPSA) is 9.23 Å². The Kier molecular flexibility index (Phi) is 6.81.